The molecule has 1 aliphatic rings. The van der Waals surface area contributed by atoms with E-state index in [1.54, 1.807) is 24.6 Å². The van der Waals surface area contributed by atoms with Gasteiger partial charge in [-0.1, -0.05) is 29.8 Å². The van der Waals surface area contributed by atoms with Gasteiger partial charge in [-0.05, 0) is 42.0 Å². The molecule has 0 amide bonds. The second-order valence-corrected chi connectivity index (χ2v) is 9.85. The molecule has 2 aromatic rings. The Morgan fingerprint density at radius 2 is 2.00 bits per heavy atom. The molecule has 1 heterocycles. The summed E-state index contributed by atoms with van der Waals surface area (Å²) in [5, 5.41) is 8.97. The van der Waals surface area contributed by atoms with Gasteiger partial charge in [0.25, 0.3) is 0 Å². The number of nitrogens with zero attached hydrogens (tertiary/aromatic N) is 1. The number of aliphatic imine (C=N–C) groups is 1. The summed E-state index contributed by atoms with van der Waals surface area (Å²) in [5.41, 5.74) is 1.34. The highest BCUT2D eigenvalue weighted by molar-refractivity contribution is 14.0. The molecule has 1 saturated carbocycles. The Morgan fingerprint density at radius 1 is 1.21 bits per heavy atom. The minimum atomic E-state index is -3.43. The number of nitrogens with one attached hydrogen (secondary N) is 3. The van der Waals surface area contributed by atoms with Crippen molar-refractivity contribution < 1.29 is 8.42 Å². The van der Waals surface area contributed by atoms with E-state index in [1.807, 2.05) is 18.2 Å². The maximum absolute atomic E-state index is 12.1. The largest absolute Gasteiger partial charge is 0.356 e. The third-order valence-electron chi connectivity index (χ3n) is 4.58. The lowest BCUT2D eigenvalue weighted by atomic mass is 9.96. The van der Waals surface area contributed by atoms with Gasteiger partial charge in [0, 0.05) is 37.1 Å². The van der Waals surface area contributed by atoms with Crippen LogP contribution in [-0.2, 0) is 15.4 Å². The van der Waals surface area contributed by atoms with E-state index in [0.717, 1.165) is 24.4 Å². The first-order chi connectivity index (χ1) is 13.0. The van der Waals surface area contributed by atoms with Gasteiger partial charge in [0.1, 0.15) is 4.21 Å². The van der Waals surface area contributed by atoms with Crippen molar-refractivity contribution in [2.24, 2.45) is 4.99 Å². The van der Waals surface area contributed by atoms with E-state index in [4.69, 9.17) is 11.6 Å². The number of thiophene rings is 1. The van der Waals surface area contributed by atoms with Crippen molar-refractivity contribution in [2.45, 2.75) is 22.5 Å². The first kappa shape index (κ1) is 23.4. The predicted molar refractivity (Wildman–Crippen MR) is 127 cm³/mol. The van der Waals surface area contributed by atoms with E-state index in [-0.39, 0.29) is 35.9 Å². The molecule has 0 spiro atoms. The topological polar surface area (TPSA) is 82.6 Å². The summed E-state index contributed by atoms with van der Waals surface area (Å²) in [6.07, 6.45) is 2.22. The summed E-state index contributed by atoms with van der Waals surface area (Å²) in [4.78, 5) is 4.21. The van der Waals surface area contributed by atoms with Crippen molar-refractivity contribution in [3.05, 3.63) is 52.4 Å². The Balaban J connectivity index is 0.00000280. The third kappa shape index (κ3) is 6.06. The molecule has 0 aliphatic heterocycles. The monoisotopic (exact) mass is 554 g/mol. The van der Waals surface area contributed by atoms with Gasteiger partial charge in [0.2, 0.25) is 10.0 Å². The van der Waals surface area contributed by atoms with Gasteiger partial charge in [-0.2, -0.15) is 0 Å². The van der Waals surface area contributed by atoms with Crippen molar-refractivity contribution in [3.63, 3.8) is 0 Å². The molecule has 0 saturated heterocycles. The molecule has 3 rings (SSSR count). The molecule has 1 aromatic heterocycles. The van der Waals surface area contributed by atoms with Crippen molar-refractivity contribution in [1.82, 2.24) is 15.4 Å². The van der Waals surface area contributed by atoms with E-state index >= 15 is 0 Å². The van der Waals surface area contributed by atoms with Gasteiger partial charge in [-0.25, -0.2) is 13.1 Å². The Hall–Kier alpha value is -0.880. The van der Waals surface area contributed by atoms with Gasteiger partial charge in [-0.3, -0.25) is 4.99 Å². The quantitative estimate of drug-likeness (QED) is 0.203. The minimum absolute atomic E-state index is 0. The first-order valence-electron chi connectivity index (χ1n) is 8.69. The second-order valence-electron chi connectivity index (χ2n) is 6.47. The predicted octanol–water partition coefficient (Wildman–Crippen LogP) is 3.19. The zero-order chi connectivity index (χ0) is 19.3. The Bertz CT molecular complexity index is 900. The Kier molecular flexibility index (Phi) is 8.56. The lowest BCUT2D eigenvalue weighted by Crippen LogP contribution is -2.44. The highest BCUT2D eigenvalue weighted by Crippen LogP contribution is 2.48. The van der Waals surface area contributed by atoms with Crippen molar-refractivity contribution in [1.29, 1.82) is 0 Å². The Morgan fingerprint density at radius 3 is 2.61 bits per heavy atom. The third-order valence-corrected chi connectivity index (χ3v) is 7.67. The zero-order valence-corrected chi connectivity index (χ0v) is 20.2. The molecule has 0 bridgehead atoms. The molecule has 6 nitrogen and oxygen atoms in total. The van der Waals surface area contributed by atoms with E-state index in [1.165, 1.54) is 16.9 Å². The minimum Gasteiger partial charge on any atom is -0.356 e. The van der Waals surface area contributed by atoms with E-state index in [9.17, 15) is 8.42 Å². The van der Waals surface area contributed by atoms with Crippen LogP contribution < -0.4 is 15.4 Å². The van der Waals surface area contributed by atoms with Crippen LogP contribution in [0.2, 0.25) is 5.02 Å². The van der Waals surface area contributed by atoms with Crippen LogP contribution in [0.5, 0.6) is 0 Å². The van der Waals surface area contributed by atoms with E-state index in [2.05, 4.69) is 26.4 Å². The molecule has 0 radical (unpaired) electrons. The SMILES string of the molecule is CN=C(NCCNS(=O)(=O)c1cccs1)NCC1(c2cccc(Cl)c2)CC1.I. The van der Waals surface area contributed by atoms with Crippen molar-refractivity contribution >= 4 is 62.9 Å². The molecular formula is C18H24ClIN4O2S2. The molecule has 1 aromatic carbocycles. The molecule has 1 fully saturated rings. The normalized spacial score (nSPS) is 15.6. The molecule has 3 N–H and O–H groups in total. The fraction of sp³-hybridized carbons (Fsp3) is 0.389. The van der Waals surface area contributed by atoms with Crippen LogP contribution in [0.15, 0.2) is 51.0 Å². The van der Waals surface area contributed by atoms with Gasteiger partial charge in [0.15, 0.2) is 5.96 Å². The average Bonchev–Trinajstić information content (AvgIpc) is 3.23. The summed E-state index contributed by atoms with van der Waals surface area (Å²) in [5.74, 6) is 0.652. The number of benzene rings is 1. The zero-order valence-electron chi connectivity index (χ0n) is 15.4. The van der Waals surface area contributed by atoms with Crippen LogP contribution in [-0.4, -0.2) is 41.1 Å². The number of sulfonamides is 1. The van der Waals surface area contributed by atoms with E-state index < -0.39 is 10.0 Å². The fourth-order valence-corrected chi connectivity index (χ4v) is 5.12. The number of hydrogen-bond acceptors (Lipinski definition) is 4. The van der Waals surface area contributed by atoms with Crippen LogP contribution in [0.1, 0.15) is 18.4 Å². The standard InChI is InChI=1S/C18H23ClN4O2S2.HI/c1-20-17(21-9-10-23-27(24,25)16-6-3-11-26-16)22-13-18(7-8-18)14-4-2-5-15(19)12-14;/h2-6,11-12,23H,7-10,13H2,1H3,(H2,20,21,22);1H. The van der Waals surface area contributed by atoms with Gasteiger partial charge in [-0.15, -0.1) is 35.3 Å². The number of hydrogen-bond donors (Lipinski definition) is 3. The molecule has 10 heteroatoms. The van der Waals surface area contributed by atoms with Crippen molar-refractivity contribution in [2.75, 3.05) is 26.7 Å². The molecule has 1 aliphatic carbocycles. The van der Waals surface area contributed by atoms with Crippen LogP contribution in [0.3, 0.4) is 0 Å². The van der Waals surface area contributed by atoms with Crippen LogP contribution >= 0.6 is 46.9 Å². The summed E-state index contributed by atoms with van der Waals surface area (Å²) in [6, 6.07) is 11.3. The highest BCUT2D eigenvalue weighted by atomic mass is 127. The van der Waals surface area contributed by atoms with Crippen LogP contribution in [0, 0.1) is 0 Å². The second kappa shape index (κ2) is 10.2. The summed E-state index contributed by atoms with van der Waals surface area (Å²) in [6.45, 7) is 1.47. The molecule has 0 atom stereocenters. The lowest BCUT2D eigenvalue weighted by Gasteiger charge is -2.19. The maximum Gasteiger partial charge on any atom is 0.250 e. The lowest BCUT2D eigenvalue weighted by molar-refractivity contribution is 0.582. The summed E-state index contributed by atoms with van der Waals surface area (Å²) >= 11 is 7.31. The highest BCUT2D eigenvalue weighted by Gasteiger charge is 2.44. The average molecular weight is 555 g/mol. The van der Waals surface area contributed by atoms with Crippen LogP contribution in [0.4, 0.5) is 0 Å². The molecular weight excluding hydrogens is 531 g/mol. The number of rotatable bonds is 8. The summed E-state index contributed by atoms with van der Waals surface area (Å²) in [7, 11) is -1.73. The summed E-state index contributed by atoms with van der Waals surface area (Å²) < 4.78 is 27.0. The molecule has 0 unspecified atom stereocenters. The van der Waals surface area contributed by atoms with Gasteiger partial charge in [0.05, 0.1) is 0 Å². The van der Waals surface area contributed by atoms with Crippen LogP contribution in [0.25, 0.3) is 0 Å². The van der Waals surface area contributed by atoms with E-state index in [0.29, 0.717) is 16.7 Å². The van der Waals surface area contributed by atoms with Crippen molar-refractivity contribution in [3.8, 4) is 0 Å². The number of guanidine groups is 1. The van der Waals surface area contributed by atoms with Gasteiger partial charge < -0.3 is 10.6 Å². The molecule has 28 heavy (non-hydrogen) atoms. The Labute approximate surface area is 192 Å². The molecule has 154 valence electrons. The smallest absolute Gasteiger partial charge is 0.250 e. The first-order valence-corrected chi connectivity index (χ1v) is 11.4. The fourth-order valence-electron chi connectivity index (χ4n) is 2.86. The van der Waals surface area contributed by atoms with Gasteiger partial charge >= 0.3 is 0 Å². The maximum atomic E-state index is 12.1. The number of halogens is 2.